The summed E-state index contributed by atoms with van der Waals surface area (Å²) in [5.74, 6) is 1.65. The fourth-order valence-electron chi connectivity index (χ4n) is 2.53. The summed E-state index contributed by atoms with van der Waals surface area (Å²) in [6, 6.07) is 8.47. The van der Waals surface area contributed by atoms with Crippen LogP contribution in [0.5, 0.6) is 5.75 Å². The van der Waals surface area contributed by atoms with Crippen LogP contribution >= 0.6 is 0 Å². The van der Waals surface area contributed by atoms with Crippen molar-refractivity contribution in [3.63, 3.8) is 0 Å². The number of nitrogens with zero attached hydrogens (tertiary/aromatic N) is 1. The minimum absolute atomic E-state index is 0.577. The summed E-state index contributed by atoms with van der Waals surface area (Å²) in [6.45, 7) is 8.86. The van der Waals surface area contributed by atoms with Gasteiger partial charge in [0.05, 0.1) is 0 Å². The highest BCUT2D eigenvalue weighted by Gasteiger charge is 2.12. The summed E-state index contributed by atoms with van der Waals surface area (Å²) >= 11 is 0. The van der Waals surface area contributed by atoms with E-state index in [4.69, 9.17) is 4.74 Å². The molecule has 0 aliphatic carbocycles. The topological polar surface area (TPSA) is 12.5 Å². The summed E-state index contributed by atoms with van der Waals surface area (Å²) in [5, 5.41) is 0. The summed E-state index contributed by atoms with van der Waals surface area (Å²) < 4.78 is 5.98. The quantitative estimate of drug-likeness (QED) is 0.760. The lowest BCUT2D eigenvalue weighted by Gasteiger charge is -2.18. The summed E-state index contributed by atoms with van der Waals surface area (Å²) in [7, 11) is 0. The van der Waals surface area contributed by atoms with Crippen molar-refractivity contribution in [3.8, 4) is 5.75 Å². The Morgan fingerprint density at radius 1 is 1.22 bits per heavy atom. The number of ether oxygens (including phenoxy) is 1. The monoisotopic (exact) mass is 247 g/mol. The Bertz CT molecular complexity index is 358. The van der Waals surface area contributed by atoms with Gasteiger partial charge in [-0.1, -0.05) is 32.0 Å². The molecule has 1 aromatic carbocycles. The van der Waals surface area contributed by atoms with E-state index < -0.39 is 0 Å². The second-order valence-corrected chi connectivity index (χ2v) is 5.24. The first-order chi connectivity index (χ1) is 8.81. The van der Waals surface area contributed by atoms with Gasteiger partial charge in [0.15, 0.2) is 0 Å². The number of rotatable bonds is 6. The van der Waals surface area contributed by atoms with E-state index in [-0.39, 0.29) is 0 Å². The maximum atomic E-state index is 5.98. The normalized spacial score (nSPS) is 17.9. The molecule has 1 aromatic rings. The van der Waals surface area contributed by atoms with Crippen LogP contribution in [0.25, 0.3) is 0 Å². The molecule has 1 atom stereocenters. The van der Waals surface area contributed by atoms with Crippen LogP contribution in [0.2, 0.25) is 0 Å². The number of hydrogen-bond acceptors (Lipinski definition) is 2. The molecule has 1 saturated heterocycles. The van der Waals surface area contributed by atoms with Gasteiger partial charge in [0.25, 0.3) is 0 Å². The summed E-state index contributed by atoms with van der Waals surface area (Å²) in [4.78, 5) is 2.49. The Morgan fingerprint density at radius 3 is 2.67 bits per heavy atom. The minimum Gasteiger partial charge on any atom is -0.492 e. The lowest BCUT2D eigenvalue weighted by molar-refractivity contribution is 0.235. The van der Waals surface area contributed by atoms with Crippen LogP contribution < -0.4 is 4.74 Å². The highest BCUT2D eigenvalue weighted by molar-refractivity contribution is 5.35. The van der Waals surface area contributed by atoms with Crippen LogP contribution in [0.4, 0.5) is 0 Å². The number of para-hydroxylation sites is 1. The van der Waals surface area contributed by atoms with Gasteiger partial charge < -0.3 is 4.74 Å². The van der Waals surface area contributed by atoms with Crippen molar-refractivity contribution in [1.82, 2.24) is 4.90 Å². The van der Waals surface area contributed by atoms with Crippen LogP contribution in [0, 0.1) is 0 Å². The molecule has 1 aliphatic rings. The molecular weight excluding hydrogens is 222 g/mol. The van der Waals surface area contributed by atoms with Gasteiger partial charge in [0.2, 0.25) is 0 Å². The average Bonchev–Trinajstić information content (AvgIpc) is 2.92. The third kappa shape index (κ3) is 3.49. The van der Waals surface area contributed by atoms with Crippen molar-refractivity contribution in [2.45, 2.75) is 39.0 Å². The van der Waals surface area contributed by atoms with Crippen molar-refractivity contribution in [2.24, 2.45) is 0 Å². The molecule has 0 unspecified atom stereocenters. The maximum Gasteiger partial charge on any atom is 0.122 e. The van der Waals surface area contributed by atoms with Gasteiger partial charge in [-0.25, -0.2) is 0 Å². The van der Waals surface area contributed by atoms with Crippen LogP contribution in [0.15, 0.2) is 24.3 Å². The highest BCUT2D eigenvalue weighted by atomic mass is 16.5. The summed E-state index contributed by atoms with van der Waals surface area (Å²) in [5.41, 5.74) is 1.35. The Kier molecular flexibility index (Phi) is 5.06. The molecule has 100 valence electrons. The fourth-order valence-corrected chi connectivity index (χ4v) is 2.53. The van der Waals surface area contributed by atoms with Gasteiger partial charge in [-0.15, -0.1) is 0 Å². The van der Waals surface area contributed by atoms with Crippen molar-refractivity contribution >= 4 is 0 Å². The third-order valence-electron chi connectivity index (χ3n) is 3.93. The van der Waals surface area contributed by atoms with Crippen molar-refractivity contribution in [1.29, 1.82) is 0 Å². The first-order valence-electron chi connectivity index (χ1n) is 7.25. The van der Waals surface area contributed by atoms with Gasteiger partial charge in [-0.05, 0) is 49.9 Å². The smallest absolute Gasteiger partial charge is 0.122 e. The zero-order chi connectivity index (χ0) is 12.8. The number of likely N-dealkylation sites (tertiary alicyclic amines) is 1. The zero-order valence-corrected chi connectivity index (χ0v) is 11.7. The van der Waals surface area contributed by atoms with E-state index >= 15 is 0 Å². The van der Waals surface area contributed by atoms with Crippen molar-refractivity contribution in [2.75, 3.05) is 26.2 Å². The van der Waals surface area contributed by atoms with Crippen LogP contribution in [-0.4, -0.2) is 31.1 Å². The SMILES string of the molecule is CC[C@@H](C)c1ccccc1OCCN1CCCC1. The molecule has 0 saturated carbocycles. The van der Waals surface area contributed by atoms with Crippen molar-refractivity contribution in [3.05, 3.63) is 29.8 Å². The van der Waals surface area contributed by atoms with E-state index in [0.717, 1.165) is 25.3 Å². The number of benzene rings is 1. The van der Waals surface area contributed by atoms with E-state index in [9.17, 15) is 0 Å². The lowest BCUT2D eigenvalue weighted by atomic mass is 9.98. The predicted molar refractivity (Wildman–Crippen MR) is 76.3 cm³/mol. The van der Waals surface area contributed by atoms with Crippen LogP contribution in [0.1, 0.15) is 44.6 Å². The average molecular weight is 247 g/mol. The number of hydrogen-bond donors (Lipinski definition) is 0. The Hall–Kier alpha value is -1.02. The maximum absolute atomic E-state index is 5.98. The Morgan fingerprint density at radius 2 is 1.94 bits per heavy atom. The Labute approximate surface area is 111 Å². The van der Waals surface area contributed by atoms with Gasteiger partial charge in [0, 0.05) is 6.54 Å². The Balaban J connectivity index is 1.87. The molecule has 1 heterocycles. The predicted octanol–water partition coefficient (Wildman–Crippen LogP) is 3.67. The molecule has 0 aromatic heterocycles. The molecule has 1 aliphatic heterocycles. The van der Waals surface area contributed by atoms with E-state index in [1.165, 1.54) is 31.5 Å². The lowest BCUT2D eigenvalue weighted by Crippen LogP contribution is -2.25. The molecule has 1 fully saturated rings. The first-order valence-corrected chi connectivity index (χ1v) is 7.25. The van der Waals surface area contributed by atoms with E-state index in [1.807, 2.05) is 0 Å². The standard InChI is InChI=1S/C16H25NO/c1-3-14(2)15-8-4-5-9-16(15)18-13-12-17-10-6-7-11-17/h4-5,8-9,14H,3,6-7,10-13H2,1-2H3/t14-/m1/s1. The molecule has 2 nitrogen and oxygen atoms in total. The van der Waals surface area contributed by atoms with E-state index in [2.05, 4.69) is 43.0 Å². The molecule has 18 heavy (non-hydrogen) atoms. The van der Waals surface area contributed by atoms with E-state index in [1.54, 1.807) is 0 Å². The second kappa shape index (κ2) is 6.79. The van der Waals surface area contributed by atoms with Gasteiger partial charge in [0.1, 0.15) is 12.4 Å². The third-order valence-corrected chi connectivity index (χ3v) is 3.93. The molecule has 2 heteroatoms. The van der Waals surface area contributed by atoms with Gasteiger partial charge >= 0.3 is 0 Å². The molecule has 0 bridgehead atoms. The molecule has 0 N–H and O–H groups in total. The van der Waals surface area contributed by atoms with Gasteiger partial charge in [-0.3, -0.25) is 4.90 Å². The second-order valence-electron chi connectivity index (χ2n) is 5.24. The fraction of sp³-hybridized carbons (Fsp3) is 0.625. The highest BCUT2D eigenvalue weighted by Crippen LogP contribution is 2.28. The van der Waals surface area contributed by atoms with Crippen LogP contribution in [0.3, 0.4) is 0 Å². The van der Waals surface area contributed by atoms with Crippen LogP contribution in [-0.2, 0) is 0 Å². The van der Waals surface area contributed by atoms with E-state index in [0.29, 0.717) is 5.92 Å². The van der Waals surface area contributed by atoms with Gasteiger partial charge in [-0.2, -0.15) is 0 Å². The van der Waals surface area contributed by atoms with Crippen molar-refractivity contribution < 1.29 is 4.74 Å². The molecule has 0 amide bonds. The first kappa shape index (κ1) is 13.4. The molecular formula is C16H25NO. The zero-order valence-electron chi connectivity index (χ0n) is 11.7. The largest absolute Gasteiger partial charge is 0.492 e. The minimum atomic E-state index is 0.577. The molecule has 0 spiro atoms. The summed E-state index contributed by atoms with van der Waals surface area (Å²) in [6.07, 6.45) is 3.86. The molecule has 2 rings (SSSR count). The molecule has 0 radical (unpaired) electrons.